The number of ether oxygens (including phenoxy) is 1. The molecule has 30 heavy (non-hydrogen) atoms. The van der Waals surface area contributed by atoms with Crippen LogP contribution in [0.1, 0.15) is 102 Å². The van der Waals surface area contributed by atoms with Crippen LogP contribution in [0.2, 0.25) is 0 Å². The van der Waals surface area contributed by atoms with E-state index in [1.165, 1.54) is 95.5 Å². The van der Waals surface area contributed by atoms with E-state index in [2.05, 4.69) is 59.0 Å². The Bertz CT molecular complexity index is 647. The van der Waals surface area contributed by atoms with Crippen LogP contribution in [0.3, 0.4) is 0 Å². The van der Waals surface area contributed by atoms with Crippen molar-refractivity contribution in [1.82, 2.24) is 4.57 Å². The molecule has 0 radical (unpaired) electrons. The third-order valence-electron chi connectivity index (χ3n) is 5.88. The summed E-state index contributed by atoms with van der Waals surface area (Å²) in [6, 6.07) is 8.53. The topological polar surface area (TPSA) is 18.0 Å². The monoisotopic (exact) mass is 413 g/mol. The molecular formula is C27H45N2O+. The Kier molecular flexibility index (Phi) is 13.1. The lowest BCUT2D eigenvalue weighted by atomic mass is 10.0. The summed E-state index contributed by atoms with van der Waals surface area (Å²) >= 11 is 0. The molecular weight excluding hydrogens is 368 g/mol. The van der Waals surface area contributed by atoms with Crippen LogP contribution < -0.4 is 9.30 Å². The molecule has 0 N–H and O–H groups in total. The van der Waals surface area contributed by atoms with Crippen molar-refractivity contribution in [3.05, 3.63) is 48.5 Å². The fourth-order valence-corrected chi connectivity index (χ4v) is 3.98. The highest BCUT2D eigenvalue weighted by atomic mass is 16.5. The highest BCUT2D eigenvalue weighted by Crippen LogP contribution is 2.15. The molecule has 1 heterocycles. The van der Waals surface area contributed by atoms with Gasteiger partial charge in [0.15, 0.2) is 0 Å². The van der Waals surface area contributed by atoms with Crippen molar-refractivity contribution in [3.8, 4) is 5.75 Å². The minimum Gasteiger partial charge on any atom is -0.494 e. The second-order valence-electron chi connectivity index (χ2n) is 8.84. The maximum atomic E-state index is 5.91. The number of aryl methyl sites for hydroxylation is 1. The summed E-state index contributed by atoms with van der Waals surface area (Å²) in [6.45, 7) is 4.03. The molecule has 0 aliphatic carbocycles. The molecule has 0 saturated heterocycles. The Morgan fingerprint density at radius 2 is 1.27 bits per heavy atom. The first-order valence-corrected chi connectivity index (χ1v) is 12.5. The van der Waals surface area contributed by atoms with Gasteiger partial charge in [0, 0.05) is 0 Å². The van der Waals surface area contributed by atoms with E-state index in [0.717, 1.165) is 18.9 Å². The van der Waals surface area contributed by atoms with Crippen molar-refractivity contribution in [3.63, 3.8) is 0 Å². The minimum atomic E-state index is 0.838. The zero-order valence-electron chi connectivity index (χ0n) is 19.7. The van der Waals surface area contributed by atoms with Gasteiger partial charge in [-0.2, -0.15) is 0 Å². The normalized spacial score (nSPS) is 11.1. The van der Waals surface area contributed by atoms with Gasteiger partial charge in [0.25, 0.3) is 0 Å². The predicted octanol–water partition coefficient (Wildman–Crippen LogP) is 7.22. The largest absolute Gasteiger partial charge is 0.494 e. The molecule has 0 bridgehead atoms. The smallest absolute Gasteiger partial charge is 0.243 e. The molecule has 3 heteroatoms. The van der Waals surface area contributed by atoms with Crippen LogP contribution >= 0.6 is 0 Å². The highest BCUT2D eigenvalue weighted by Gasteiger charge is 2.02. The van der Waals surface area contributed by atoms with Gasteiger partial charge in [-0.3, -0.25) is 0 Å². The molecule has 0 aliphatic heterocycles. The average Bonchev–Trinajstić information content (AvgIpc) is 3.16. The summed E-state index contributed by atoms with van der Waals surface area (Å²) in [7, 11) is 2.05. The van der Waals surface area contributed by atoms with Gasteiger partial charge in [-0.25, -0.2) is 9.13 Å². The average molecular weight is 414 g/mol. The van der Waals surface area contributed by atoms with Crippen LogP contribution in [0.15, 0.2) is 43.0 Å². The summed E-state index contributed by atoms with van der Waals surface area (Å²) in [5.74, 6) is 0.992. The third-order valence-corrected chi connectivity index (χ3v) is 5.88. The maximum absolute atomic E-state index is 5.91. The molecule has 0 amide bonds. The van der Waals surface area contributed by atoms with Crippen LogP contribution in [-0.2, 0) is 13.6 Å². The quantitative estimate of drug-likeness (QED) is 0.186. The summed E-state index contributed by atoms with van der Waals surface area (Å²) < 4.78 is 10.2. The Morgan fingerprint density at radius 1 is 0.733 bits per heavy atom. The van der Waals surface area contributed by atoms with Crippen molar-refractivity contribution in [2.75, 3.05) is 6.61 Å². The van der Waals surface area contributed by atoms with Crippen LogP contribution in [0.5, 0.6) is 5.75 Å². The summed E-state index contributed by atoms with van der Waals surface area (Å²) in [6.07, 6.45) is 25.8. The summed E-state index contributed by atoms with van der Waals surface area (Å²) in [4.78, 5) is 0. The first-order valence-electron chi connectivity index (χ1n) is 12.5. The van der Waals surface area contributed by atoms with Crippen molar-refractivity contribution in [1.29, 1.82) is 0 Å². The Balaban J connectivity index is 1.38. The van der Waals surface area contributed by atoms with E-state index in [9.17, 15) is 0 Å². The van der Waals surface area contributed by atoms with E-state index >= 15 is 0 Å². The second kappa shape index (κ2) is 16.0. The van der Waals surface area contributed by atoms with Gasteiger partial charge in [0.2, 0.25) is 6.33 Å². The predicted molar refractivity (Wildman–Crippen MR) is 127 cm³/mol. The SMILES string of the molecule is CCCCCCCCCCCCCCCCOc1ccc(Cn2cc[n+](C)c2)cc1. The zero-order chi connectivity index (χ0) is 21.3. The molecule has 3 nitrogen and oxygen atoms in total. The Hall–Kier alpha value is -1.77. The third kappa shape index (κ3) is 11.4. The number of hydrogen-bond acceptors (Lipinski definition) is 1. The van der Waals surface area contributed by atoms with E-state index in [1.54, 1.807) is 0 Å². The fourth-order valence-electron chi connectivity index (χ4n) is 3.98. The minimum absolute atomic E-state index is 0.838. The van der Waals surface area contributed by atoms with Gasteiger partial charge < -0.3 is 4.74 Å². The molecule has 2 rings (SSSR count). The number of nitrogens with zero attached hydrogens (tertiary/aromatic N) is 2. The lowest BCUT2D eigenvalue weighted by Crippen LogP contribution is -2.23. The van der Waals surface area contributed by atoms with Crippen molar-refractivity contribution in [2.24, 2.45) is 7.05 Å². The van der Waals surface area contributed by atoms with Crippen LogP contribution in [0, 0.1) is 0 Å². The molecule has 1 aromatic heterocycles. The first-order chi connectivity index (χ1) is 14.8. The van der Waals surface area contributed by atoms with Gasteiger partial charge >= 0.3 is 0 Å². The molecule has 0 spiro atoms. The molecule has 2 aromatic rings. The second-order valence-corrected chi connectivity index (χ2v) is 8.84. The lowest BCUT2D eigenvalue weighted by molar-refractivity contribution is -0.671. The highest BCUT2D eigenvalue weighted by molar-refractivity contribution is 5.27. The number of hydrogen-bond donors (Lipinski definition) is 0. The van der Waals surface area contributed by atoms with E-state index in [4.69, 9.17) is 4.74 Å². The Morgan fingerprint density at radius 3 is 1.77 bits per heavy atom. The number of rotatable bonds is 18. The zero-order valence-corrected chi connectivity index (χ0v) is 19.7. The van der Waals surface area contributed by atoms with Crippen molar-refractivity contribution < 1.29 is 9.30 Å². The number of aromatic nitrogens is 2. The molecule has 0 aliphatic rings. The Labute approximate surface area is 185 Å². The molecule has 0 fully saturated rings. The molecule has 1 aromatic carbocycles. The maximum Gasteiger partial charge on any atom is 0.243 e. The summed E-state index contributed by atoms with van der Waals surface area (Å²) in [5, 5.41) is 0. The van der Waals surface area contributed by atoms with Crippen LogP contribution in [0.25, 0.3) is 0 Å². The fraction of sp³-hybridized carbons (Fsp3) is 0.667. The molecule has 0 atom stereocenters. The van der Waals surface area contributed by atoms with Gasteiger partial charge in [-0.05, 0) is 24.1 Å². The van der Waals surface area contributed by atoms with E-state index in [0.29, 0.717) is 0 Å². The standard InChI is InChI=1S/C27H45N2O/c1-3-4-5-6-7-8-9-10-11-12-13-14-15-16-23-30-27-19-17-26(18-20-27)24-29-22-21-28(2)25-29/h17-22,25H,3-16,23-24H2,1-2H3/q+1. The van der Waals surface area contributed by atoms with Crippen LogP contribution in [-0.4, -0.2) is 11.2 Å². The van der Waals surface area contributed by atoms with E-state index in [-0.39, 0.29) is 0 Å². The molecule has 0 unspecified atom stereocenters. The van der Waals surface area contributed by atoms with Crippen molar-refractivity contribution >= 4 is 0 Å². The van der Waals surface area contributed by atoms with E-state index in [1.807, 2.05) is 7.05 Å². The number of benzene rings is 1. The summed E-state index contributed by atoms with van der Waals surface area (Å²) in [5.41, 5.74) is 1.30. The molecule has 0 saturated carbocycles. The first kappa shape index (κ1) is 24.5. The van der Waals surface area contributed by atoms with Gasteiger partial charge in [0.1, 0.15) is 24.7 Å². The number of imidazole rings is 1. The van der Waals surface area contributed by atoms with Gasteiger partial charge in [0.05, 0.1) is 13.7 Å². The number of unbranched alkanes of at least 4 members (excludes halogenated alkanes) is 13. The van der Waals surface area contributed by atoms with E-state index < -0.39 is 0 Å². The van der Waals surface area contributed by atoms with Crippen molar-refractivity contribution in [2.45, 2.75) is 103 Å². The van der Waals surface area contributed by atoms with Gasteiger partial charge in [-0.1, -0.05) is 103 Å². The lowest BCUT2D eigenvalue weighted by Gasteiger charge is -2.07. The molecule has 168 valence electrons. The van der Waals surface area contributed by atoms with Crippen LogP contribution in [0.4, 0.5) is 0 Å². The van der Waals surface area contributed by atoms with Gasteiger partial charge in [-0.15, -0.1) is 0 Å².